The molecule has 236 valence electrons. The number of rotatable bonds is 11. The molecular weight excluding hydrogens is 647 g/mol. The van der Waals surface area contributed by atoms with E-state index in [-0.39, 0.29) is 25.3 Å². The van der Waals surface area contributed by atoms with E-state index in [4.69, 9.17) is 3.79 Å². The average Bonchev–Trinajstić information content (AvgIpc) is 2.98. The van der Waals surface area contributed by atoms with Crippen molar-refractivity contribution < 1.29 is 88.5 Å². The van der Waals surface area contributed by atoms with Crippen LogP contribution in [0.3, 0.4) is 0 Å². The first-order chi connectivity index (χ1) is 20.1. The summed E-state index contributed by atoms with van der Waals surface area (Å²) in [5.41, 5.74) is 0. The number of unbranched alkanes of at least 4 members (excludes halogenated alkanes) is 5. The first-order valence-electron chi connectivity index (χ1n) is 12.4. The van der Waals surface area contributed by atoms with Crippen LogP contribution in [0.15, 0.2) is 0 Å². The maximum Gasteiger partial charge on any atom is 1.00 e. The Balaban J connectivity index is 0.00000675. The molecule has 0 bridgehead atoms. The van der Waals surface area contributed by atoms with Crippen molar-refractivity contribution in [3.8, 4) is 0 Å². The minimum absolute atomic E-state index is 0. The summed E-state index contributed by atoms with van der Waals surface area (Å²) >= 11 is -7.68. The van der Waals surface area contributed by atoms with Gasteiger partial charge in [0.1, 0.15) is 34.9 Å². The van der Waals surface area contributed by atoms with Gasteiger partial charge >= 0.3 is 32.3 Å². The standard InChI is InChI=1S/C8H17O.3C6F5.Al.Li/c1-2-3-4-5-6-7-8-9;3*7-2-1-3(8)5(10)6(11)4(2)9;;/h2-8H2,1H3;;;;;/q-1;;;;;+1. The molecule has 0 atom stereocenters. The summed E-state index contributed by atoms with van der Waals surface area (Å²) < 4.78 is 217. The molecule has 0 aliphatic rings. The fourth-order valence-electron chi connectivity index (χ4n) is 4.76. The predicted octanol–water partition coefficient (Wildman–Crippen LogP) is 4.12. The third-order valence-corrected chi connectivity index (χ3v) is 11.5. The fraction of sp³-hybridized carbons (Fsp3) is 0.308. The second kappa shape index (κ2) is 14.9. The van der Waals surface area contributed by atoms with Crippen molar-refractivity contribution in [1.82, 2.24) is 0 Å². The van der Waals surface area contributed by atoms with Crippen molar-refractivity contribution in [3.05, 3.63) is 87.3 Å². The Hall–Kier alpha value is -2.30. The monoisotopic (exact) mass is 664 g/mol. The number of hydrogen-bond acceptors (Lipinski definition) is 1. The molecule has 0 heterocycles. The summed E-state index contributed by atoms with van der Waals surface area (Å²) in [4.78, 5) is 0. The molecule has 0 saturated heterocycles. The minimum atomic E-state index is -7.68. The van der Waals surface area contributed by atoms with Gasteiger partial charge in [0.25, 0.3) is 0 Å². The molecule has 0 radical (unpaired) electrons. The van der Waals surface area contributed by atoms with E-state index in [0.717, 1.165) is 6.42 Å². The predicted molar refractivity (Wildman–Crippen MR) is 123 cm³/mol. The molecule has 0 amide bonds. The maximum atomic E-state index is 15.3. The first-order valence-corrected chi connectivity index (χ1v) is 14.6. The summed E-state index contributed by atoms with van der Waals surface area (Å²) in [6.45, 7) is 0.623. The quantitative estimate of drug-likeness (QED) is 0.0987. The van der Waals surface area contributed by atoms with Crippen molar-refractivity contribution in [2.45, 2.75) is 45.4 Å². The average molecular weight is 664 g/mol. The molecule has 0 aliphatic heterocycles. The molecule has 1 nitrogen and oxygen atoms in total. The van der Waals surface area contributed by atoms with Crippen LogP contribution in [0.5, 0.6) is 0 Å². The molecule has 0 unspecified atom stereocenters. The fourth-order valence-corrected chi connectivity index (χ4v) is 9.55. The molecule has 0 spiro atoms. The van der Waals surface area contributed by atoms with E-state index in [1.807, 2.05) is 6.92 Å². The van der Waals surface area contributed by atoms with E-state index in [1.54, 1.807) is 0 Å². The van der Waals surface area contributed by atoms with Crippen molar-refractivity contribution in [1.29, 1.82) is 0 Å². The zero-order valence-corrected chi connectivity index (χ0v) is 23.8. The Morgan fingerprint density at radius 2 is 0.591 bits per heavy atom. The molecule has 0 saturated carbocycles. The third-order valence-electron chi connectivity index (χ3n) is 6.82. The van der Waals surface area contributed by atoms with Crippen LogP contribution in [0.25, 0.3) is 0 Å². The van der Waals surface area contributed by atoms with Crippen molar-refractivity contribution in [2.24, 2.45) is 0 Å². The number of hydrogen-bond donors (Lipinski definition) is 0. The van der Waals surface area contributed by atoms with E-state index in [1.165, 1.54) is 0 Å². The number of benzene rings is 3. The Kier molecular flexibility index (Phi) is 12.8. The molecule has 3 rings (SSSR count). The third kappa shape index (κ3) is 6.23. The van der Waals surface area contributed by atoms with E-state index >= 15 is 26.3 Å². The van der Waals surface area contributed by atoms with Gasteiger partial charge in [-0.3, -0.25) is 0 Å². The molecule has 44 heavy (non-hydrogen) atoms. The van der Waals surface area contributed by atoms with Crippen molar-refractivity contribution >= 4 is 26.7 Å². The van der Waals surface area contributed by atoms with E-state index in [9.17, 15) is 39.5 Å². The van der Waals surface area contributed by atoms with Gasteiger partial charge in [-0.15, -0.1) is 13.3 Å². The molecule has 3 aromatic carbocycles. The zero-order valence-electron chi connectivity index (χ0n) is 22.6. The van der Waals surface area contributed by atoms with Gasteiger partial charge in [-0.2, -0.15) is 0 Å². The molecule has 0 fully saturated rings. The summed E-state index contributed by atoms with van der Waals surface area (Å²) in [5.74, 6) is -45.4. The van der Waals surface area contributed by atoms with Crippen LogP contribution >= 0.6 is 0 Å². The zero-order chi connectivity index (χ0) is 32.5. The van der Waals surface area contributed by atoms with E-state index < -0.39 is 127 Å². The van der Waals surface area contributed by atoms with Crippen molar-refractivity contribution in [3.63, 3.8) is 0 Å². The van der Waals surface area contributed by atoms with Crippen LogP contribution in [-0.2, 0) is 3.79 Å². The van der Waals surface area contributed by atoms with Gasteiger partial charge in [0, 0.05) is 0 Å². The summed E-state index contributed by atoms with van der Waals surface area (Å²) in [6, 6.07) is 0. The molecule has 3 aromatic rings. The van der Waals surface area contributed by atoms with Gasteiger partial charge in [0.15, 0.2) is 52.4 Å². The van der Waals surface area contributed by atoms with Gasteiger partial charge in [-0.05, 0) is 13.0 Å². The van der Waals surface area contributed by atoms with Gasteiger partial charge in [-0.25, -0.2) is 65.9 Å². The largest absolute Gasteiger partial charge is 1.00 e. The Labute approximate surface area is 254 Å². The van der Waals surface area contributed by atoms with Gasteiger partial charge in [-0.1, -0.05) is 39.0 Å². The van der Waals surface area contributed by atoms with Gasteiger partial charge in [0.05, 0.1) is 0 Å². The number of halogens is 15. The molecular formula is C26H17AlF15LiO. The van der Waals surface area contributed by atoms with Gasteiger partial charge < -0.3 is 3.79 Å². The molecule has 0 aliphatic carbocycles. The smallest absolute Gasteiger partial charge is 0.648 e. The Morgan fingerprint density at radius 1 is 0.364 bits per heavy atom. The molecule has 0 aromatic heterocycles. The van der Waals surface area contributed by atoms with Crippen LogP contribution < -0.4 is 32.1 Å². The van der Waals surface area contributed by atoms with Crippen LogP contribution in [0.4, 0.5) is 65.9 Å². The van der Waals surface area contributed by atoms with E-state index in [0.29, 0.717) is 19.3 Å². The maximum absolute atomic E-state index is 15.3. The SMILES string of the molecule is CCCCCCCC[O][Al-]([c]1c(F)c(F)c(F)c(F)c1F)([c]1c(F)c(F)c(F)c(F)c1F)[c]1c(F)c(F)c(F)c(F)c1F.[Li+]. The second-order valence-corrected chi connectivity index (χ2v) is 13.0. The van der Waals surface area contributed by atoms with Crippen LogP contribution in [0, 0.1) is 87.3 Å². The summed E-state index contributed by atoms with van der Waals surface area (Å²) in [6.07, 6.45) is 1.97. The van der Waals surface area contributed by atoms with E-state index in [2.05, 4.69) is 0 Å². The first kappa shape index (κ1) is 37.9. The summed E-state index contributed by atoms with van der Waals surface area (Å²) in [5, 5.41) is 0. The van der Waals surface area contributed by atoms with Crippen molar-refractivity contribution in [2.75, 3.05) is 6.61 Å². The normalized spacial score (nSPS) is 11.7. The molecule has 0 N–H and O–H groups in total. The van der Waals surface area contributed by atoms with Gasteiger partial charge in [0.2, 0.25) is 0 Å². The topological polar surface area (TPSA) is 9.23 Å². The second-order valence-electron chi connectivity index (χ2n) is 9.38. The Bertz CT molecular complexity index is 1310. The minimum Gasteiger partial charge on any atom is -0.648 e. The Morgan fingerprint density at radius 3 is 0.864 bits per heavy atom. The van der Waals surface area contributed by atoms with Crippen LogP contribution in [-0.4, -0.2) is 20.0 Å². The van der Waals surface area contributed by atoms with Crippen LogP contribution in [0.2, 0.25) is 0 Å². The summed E-state index contributed by atoms with van der Waals surface area (Å²) in [7, 11) is 0. The van der Waals surface area contributed by atoms with Crippen LogP contribution in [0.1, 0.15) is 45.4 Å². The molecule has 18 heteroatoms.